The molecule has 1 aliphatic heterocycles. The number of ether oxygens (including phenoxy) is 1. The van der Waals surface area contributed by atoms with Gasteiger partial charge in [0.25, 0.3) is 0 Å². The summed E-state index contributed by atoms with van der Waals surface area (Å²) >= 11 is 3.45. The summed E-state index contributed by atoms with van der Waals surface area (Å²) in [7, 11) is 0. The molecule has 0 bridgehead atoms. The molecule has 1 atom stereocenters. The maximum absolute atomic E-state index is 12.4. The molecule has 3 heteroatoms. The number of halogens is 1. The second-order valence-electron chi connectivity index (χ2n) is 6.72. The molecule has 0 amide bonds. The summed E-state index contributed by atoms with van der Waals surface area (Å²) in [5.41, 5.74) is 0.728. The molecule has 1 aromatic rings. The van der Waals surface area contributed by atoms with Gasteiger partial charge in [-0.15, -0.1) is 0 Å². The van der Waals surface area contributed by atoms with Gasteiger partial charge in [-0.2, -0.15) is 0 Å². The number of carbonyl (C=O) groups excluding carboxylic acids is 1. The van der Waals surface area contributed by atoms with Gasteiger partial charge in [-0.05, 0) is 49.3 Å². The fourth-order valence-corrected chi connectivity index (χ4v) is 3.98. The van der Waals surface area contributed by atoms with E-state index in [1.807, 2.05) is 18.2 Å². The molecule has 1 heterocycles. The lowest BCUT2D eigenvalue weighted by atomic mass is 9.67. The molecule has 1 aromatic carbocycles. The van der Waals surface area contributed by atoms with Gasteiger partial charge in [-0.25, -0.2) is 0 Å². The van der Waals surface area contributed by atoms with Crippen LogP contribution >= 0.6 is 15.9 Å². The van der Waals surface area contributed by atoms with Crippen molar-refractivity contribution < 1.29 is 9.53 Å². The van der Waals surface area contributed by atoms with Crippen molar-refractivity contribution >= 4 is 21.7 Å². The van der Waals surface area contributed by atoms with Crippen LogP contribution in [0.15, 0.2) is 22.7 Å². The molecule has 2 nitrogen and oxygen atoms in total. The Kier molecular flexibility index (Phi) is 3.01. The summed E-state index contributed by atoms with van der Waals surface area (Å²) < 4.78 is 7.26. The molecule has 1 aliphatic carbocycles. The van der Waals surface area contributed by atoms with Crippen molar-refractivity contribution in [1.82, 2.24) is 0 Å². The van der Waals surface area contributed by atoms with E-state index in [-0.39, 0.29) is 16.8 Å². The molecule has 1 unspecified atom stereocenters. The predicted octanol–water partition coefficient (Wildman–Crippen LogP) is 4.75. The largest absolute Gasteiger partial charge is 0.486 e. The molecule has 3 rings (SSSR count). The molecule has 0 radical (unpaired) electrons. The normalized spacial score (nSPS) is 28.9. The van der Waals surface area contributed by atoms with Crippen LogP contribution in [0.25, 0.3) is 0 Å². The van der Waals surface area contributed by atoms with Crippen LogP contribution in [0.3, 0.4) is 0 Å². The molecular formula is C16H19BrO2. The highest BCUT2D eigenvalue weighted by molar-refractivity contribution is 9.10. The SMILES string of the molecule is CC1(C)CCCC2(CC(=O)c3ccc(Br)cc3O2)C1. The number of rotatable bonds is 0. The van der Waals surface area contributed by atoms with Crippen LogP contribution in [0.4, 0.5) is 0 Å². The third-order valence-electron chi connectivity index (χ3n) is 4.34. The first-order chi connectivity index (χ1) is 8.89. The van der Waals surface area contributed by atoms with Gasteiger partial charge in [0, 0.05) is 4.47 Å². The monoisotopic (exact) mass is 322 g/mol. The van der Waals surface area contributed by atoms with Gasteiger partial charge in [0.05, 0.1) is 12.0 Å². The summed E-state index contributed by atoms with van der Waals surface area (Å²) in [5, 5.41) is 0. The van der Waals surface area contributed by atoms with Crippen LogP contribution in [-0.4, -0.2) is 11.4 Å². The average molecular weight is 323 g/mol. The summed E-state index contributed by atoms with van der Waals surface area (Å²) in [5.74, 6) is 0.981. The summed E-state index contributed by atoms with van der Waals surface area (Å²) in [6.07, 6.45) is 4.86. The van der Waals surface area contributed by atoms with Crippen molar-refractivity contribution in [3.05, 3.63) is 28.2 Å². The first-order valence-electron chi connectivity index (χ1n) is 6.91. The number of Topliss-reactive ketones (excluding diaryl/α,β-unsaturated/α-hetero) is 1. The van der Waals surface area contributed by atoms with Crippen LogP contribution in [0.2, 0.25) is 0 Å². The van der Waals surface area contributed by atoms with Crippen LogP contribution in [-0.2, 0) is 0 Å². The van der Waals surface area contributed by atoms with Crippen molar-refractivity contribution in [2.75, 3.05) is 0 Å². The minimum absolute atomic E-state index is 0.228. The van der Waals surface area contributed by atoms with E-state index in [2.05, 4.69) is 29.8 Å². The van der Waals surface area contributed by atoms with Gasteiger partial charge in [0.2, 0.25) is 0 Å². The highest BCUT2D eigenvalue weighted by Gasteiger charge is 2.46. The molecule has 1 fully saturated rings. The lowest BCUT2D eigenvalue weighted by Gasteiger charge is -2.46. The van der Waals surface area contributed by atoms with Crippen molar-refractivity contribution in [1.29, 1.82) is 0 Å². The highest BCUT2D eigenvalue weighted by atomic mass is 79.9. The first-order valence-corrected chi connectivity index (χ1v) is 7.70. The van der Waals surface area contributed by atoms with Gasteiger partial charge < -0.3 is 4.74 Å². The van der Waals surface area contributed by atoms with Crippen molar-refractivity contribution in [2.24, 2.45) is 5.41 Å². The fourth-order valence-electron chi connectivity index (χ4n) is 3.64. The van der Waals surface area contributed by atoms with E-state index in [1.165, 1.54) is 6.42 Å². The van der Waals surface area contributed by atoms with Crippen LogP contribution < -0.4 is 4.74 Å². The van der Waals surface area contributed by atoms with Gasteiger partial charge in [-0.1, -0.05) is 29.8 Å². The zero-order valence-corrected chi connectivity index (χ0v) is 13.0. The van der Waals surface area contributed by atoms with Crippen LogP contribution in [0.5, 0.6) is 5.75 Å². The average Bonchev–Trinajstić information content (AvgIpc) is 2.25. The van der Waals surface area contributed by atoms with Crippen molar-refractivity contribution in [3.8, 4) is 5.75 Å². The summed E-state index contributed by atoms with van der Waals surface area (Å²) in [6.45, 7) is 4.55. The fraction of sp³-hybridized carbons (Fsp3) is 0.562. The molecule has 19 heavy (non-hydrogen) atoms. The van der Waals surface area contributed by atoms with Crippen molar-refractivity contribution in [3.63, 3.8) is 0 Å². The van der Waals surface area contributed by atoms with Gasteiger partial charge in [0.15, 0.2) is 5.78 Å². The second-order valence-corrected chi connectivity index (χ2v) is 7.64. The topological polar surface area (TPSA) is 26.3 Å². The van der Waals surface area contributed by atoms with E-state index >= 15 is 0 Å². The van der Waals surface area contributed by atoms with Gasteiger partial charge in [-0.3, -0.25) is 4.79 Å². The van der Waals surface area contributed by atoms with E-state index < -0.39 is 0 Å². The molecule has 0 saturated heterocycles. The number of hydrogen-bond donors (Lipinski definition) is 0. The van der Waals surface area contributed by atoms with E-state index in [0.717, 1.165) is 35.0 Å². The van der Waals surface area contributed by atoms with E-state index in [4.69, 9.17) is 4.74 Å². The Morgan fingerprint density at radius 3 is 2.79 bits per heavy atom. The number of fused-ring (bicyclic) bond motifs is 1. The zero-order valence-electron chi connectivity index (χ0n) is 11.5. The molecule has 0 aromatic heterocycles. The Morgan fingerprint density at radius 2 is 2.05 bits per heavy atom. The second kappa shape index (κ2) is 4.34. The molecule has 102 valence electrons. The quantitative estimate of drug-likeness (QED) is 0.688. The van der Waals surface area contributed by atoms with Gasteiger partial charge >= 0.3 is 0 Å². The Bertz CT molecular complexity index is 536. The maximum atomic E-state index is 12.4. The maximum Gasteiger partial charge on any atom is 0.170 e. The summed E-state index contributed by atoms with van der Waals surface area (Å²) in [6, 6.07) is 5.70. The third-order valence-corrected chi connectivity index (χ3v) is 4.83. The number of hydrogen-bond acceptors (Lipinski definition) is 2. The van der Waals surface area contributed by atoms with Gasteiger partial charge in [0.1, 0.15) is 11.4 Å². The summed E-state index contributed by atoms with van der Waals surface area (Å²) in [4.78, 5) is 12.4. The van der Waals surface area contributed by atoms with Crippen molar-refractivity contribution in [2.45, 2.75) is 51.6 Å². The Labute approximate surface area is 122 Å². The molecule has 1 saturated carbocycles. The zero-order chi connectivity index (χ0) is 13.7. The van der Waals surface area contributed by atoms with Crippen LogP contribution in [0, 0.1) is 5.41 Å². The smallest absolute Gasteiger partial charge is 0.170 e. The Hall–Kier alpha value is -0.830. The lowest BCUT2D eigenvalue weighted by molar-refractivity contribution is -0.0249. The molecular weight excluding hydrogens is 304 g/mol. The van der Waals surface area contributed by atoms with E-state index in [9.17, 15) is 4.79 Å². The number of carbonyl (C=O) groups is 1. The predicted molar refractivity (Wildman–Crippen MR) is 78.7 cm³/mol. The lowest BCUT2D eigenvalue weighted by Crippen LogP contribution is -2.47. The minimum Gasteiger partial charge on any atom is -0.486 e. The minimum atomic E-state index is -0.271. The number of benzene rings is 1. The first kappa shape index (κ1) is 13.2. The highest BCUT2D eigenvalue weighted by Crippen LogP contribution is 2.48. The standard InChI is InChI=1S/C16H19BrO2/c1-15(2)6-3-7-16(10-15)9-13(18)12-5-4-11(17)8-14(12)19-16/h4-5,8H,3,6-7,9-10H2,1-2H3. The van der Waals surface area contributed by atoms with E-state index in [1.54, 1.807) is 0 Å². The Balaban J connectivity index is 1.98. The number of ketones is 1. The third kappa shape index (κ3) is 2.45. The molecule has 0 N–H and O–H groups in total. The van der Waals surface area contributed by atoms with Crippen LogP contribution in [0.1, 0.15) is 56.3 Å². The van der Waals surface area contributed by atoms with E-state index in [0.29, 0.717) is 6.42 Å². The molecule has 1 spiro atoms. The molecule has 2 aliphatic rings. The Morgan fingerprint density at radius 1 is 1.26 bits per heavy atom.